The molecule has 0 N–H and O–H groups in total. The maximum Gasteiger partial charge on any atom is 0.0138 e. The molecule has 0 aliphatic carbocycles. The molecule has 0 fully saturated rings. The smallest absolute Gasteiger partial charge is 0.0138 e. The van der Waals surface area contributed by atoms with Gasteiger partial charge in [-0.3, -0.25) is 0 Å². The second-order valence-corrected chi connectivity index (χ2v) is 9.84. The van der Waals surface area contributed by atoms with Crippen LogP contribution in [0.4, 0.5) is 0 Å². The Kier molecular flexibility index (Phi) is 7.63. The van der Waals surface area contributed by atoms with Crippen molar-refractivity contribution in [3.63, 3.8) is 0 Å². The van der Waals surface area contributed by atoms with Crippen LogP contribution < -0.4 is 0 Å². The van der Waals surface area contributed by atoms with Gasteiger partial charge in [0.25, 0.3) is 0 Å². The first-order valence-corrected chi connectivity index (χ1v) is 10.3. The maximum absolute atomic E-state index is 2.30. The third-order valence-corrected chi connectivity index (χ3v) is 4.71. The van der Waals surface area contributed by atoms with Crippen molar-refractivity contribution in [2.45, 2.75) is 53.9 Å². The Morgan fingerprint density at radius 2 is 0.893 bits per heavy atom. The fraction of sp³-hybridized carbons (Fsp3) is 0.357. The van der Waals surface area contributed by atoms with Crippen molar-refractivity contribution in [1.29, 1.82) is 0 Å². The molecule has 0 aromatic heterocycles. The molecule has 0 aliphatic rings. The lowest BCUT2D eigenvalue weighted by Gasteiger charge is -2.31. The van der Waals surface area contributed by atoms with Crippen LogP contribution in [-0.2, 0) is 6.42 Å². The van der Waals surface area contributed by atoms with Gasteiger partial charge in [0.1, 0.15) is 0 Å². The van der Waals surface area contributed by atoms with Gasteiger partial charge >= 0.3 is 0 Å². The molecule has 0 saturated heterocycles. The highest BCUT2D eigenvalue weighted by molar-refractivity contribution is 5.34. The van der Waals surface area contributed by atoms with E-state index in [2.05, 4.69) is 133 Å². The van der Waals surface area contributed by atoms with Gasteiger partial charge in [-0.15, -0.1) is 0 Å². The summed E-state index contributed by atoms with van der Waals surface area (Å²) in [5.41, 5.74) is 4.85. The van der Waals surface area contributed by atoms with Gasteiger partial charge in [0.05, 0.1) is 0 Å². The summed E-state index contributed by atoms with van der Waals surface area (Å²) in [6, 6.07) is 32.2. The van der Waals surface area contributed by atoms with E-state index < -0.39 is 0 Å². The minimum absolute atomic E-state index is 0.225. The zero-order chi connectivity index (χ0) is 20.6. The Balaban J connectivity index is 0.000000221. The molecule has 28 heavy (non-hydrogen) atoms. The lowest BCUT2D eigenvalue weighted by Crippen LogP contribution is -2.19. The number of rotatable bonds is 3. The molecule has 3 aromatic rings. The van der Waals surface area contributed by atoms with E-state index in [0.29, 0.717) is 11.3 Å². The first-order valence-electron chi connectivity index (χ1n) is 10.3. The van der Waals surface area contributed by atoms with Crippen LogP contribution in [0.15, 0.2) is 91.0 Å². The Hall–Kier alpha value is -2.34. The summed E-state index contributed by atoms with van der Waals surface area (Å²) in [5.74, 6) is 0.449. The van der Waals surface area contributed by atoms with Gasteiger partial charge in [-0.1, -0.05) is 133 Å². The molecule has 0 unspecified atom stereocenters. The highest BCUT2D eigenvalue weighted by Crippen LogP contribution is 2.40. The second kappa shape index (κ2) is 9.73. The quantitative estimate of drug-likeness (QED) is 0.435. The van der Waals surface area contributed by atoms with E-state index in [4.69, 9.17) is 0 Å². The van der Waals surface area contributed by atoms with E-state index in [-0.39, 0.29) is 5.41 Å². The molecule has 0 heteroatoms. The molecule has 3 rings (SSSR count). The summed E-state index contributed by atoms with van der Waals surface area (Å²) in [6.45, 7) is 13.7. The van der Waals surface area contributed by atoms with E-state index in [9.17, 15) is 0 Å². The van der Waals surface area contributed by atoms with E-state index in [1.807, 2.05) is 0 Å². The topological polar surface area (TPSA) is 0 Å². The van der Waals surface area contributed by atoms with Crippen molar-refractivity contribution in [2.24, 2.45) is 10.8 Å². The van der Waals surface area contributed by atoms with Gasteiger partial charge < -0.3 is 0 Å². The van der Waals surface area contributed by atoms with E-state index in [1.165, 1.54) is 16.7 Å². The predicted octanol–water partition coefficient (Wildman–Crippen LogP) is 8.14. The first kappa shape index (κ1) is 22.0. The van der Waals surface area contributed by atoms with Crippen molar-refractivity contribution in [1.82, 2.24) is 0 Å². The number of hydrogen-bond donors (Lipinski definition) is 0. The van der Waals surface area contributed by atoms with Crippen LogP contribution >= 0.6 is 0 Å². The van der Waals surface area contributed by atoms with Crippen molar-refractivity contribution < 1.29 is 0 Å². The van der Waals surface area contributed by atoms with Gasteiger partial charge in [0.15, 0.2) is 0 Å². The molecule has 0 saturated carbocycles. The SMILES string of the molecule is CC(C)(C)C(c1ccccc1)c1ccccc1.CC(C)(C)Cc1ccccc1. The normalized spacial score (nSPS) is 11.7. The summed E-state index contributed by atoms with van der Waals surface area (Å²) < 4.78 is 0. The molecule has 0 bridgehead atoms. The molecule has 0 aliphatic heterocycles. The summed E-state index contributed by atoms with van der Waals surface area (Å²) in [4.78, 5) is 0. The maximum atomic E-state index is 2.30. The molecule has 0 atom stereocenters. The van der Waals surface area contributed by atoms with E-state index in [1.54, 1.807) is 0 Å². The van der Waals surface area contributed by atoms with Gasteiger partial charge in [-0.25, -0.2) is 0 Å². The molecule has 0 heterocycles. The van der Waals surface area contributed by atoms with Crippen molar-refractivity contribution >= 4 is 0 Å². The zero-order valence-corrected chi connectivity index (χ0v) is 18.4. The van der Waals surface area contributed by atoms with Gasteiger partial charge in [-0.2, -0.15) is 0 Å². The van der Waals surface area contributed by atoms with Gasteiger partial charge in [-0.05, 0) is 33.9 Å². The van der Waals surface area contributed by atoms with E-state index >= 15 is 0 Å². The van der Waals surface area contributed by atoms with E-state index in [0.717, 1.165) is 6.42 Å². The van der Waals surface area contributed by atoms with Crippen LogP contribution in [0.2, 0.25) is 0 Å². The van der Waals surface area contributed by atoms with Crippen molar-refractivity contribution in [2.75, 3.05) is 0 Å². The molecular formula is C28H36. The Bertz CT molecular complexity index is 748. The standard InChI is InChI=1S/C17H20.C11H16/c1-17(2,3)16(14-10-6-4-7-11-14)15-12-8-5-9-13-15;1-11(2,3)9-10-7-5-4-6-8-10/h4-13,16H,1-3H3;4-8H,9H2,1-3H3. The van der Waals surface area contributed by atoms with Gasteiger partial charge in [0.2, 0.25) is 0 Å². The van der Waals surface area contributed by atoms with Crippen LogP contribution in [0.3, 0.4) is 0 Å². The Morgan fingerprint density at radius 1 is 0.536 bits per heavy atom. The fourth-order valence-corrected chi connectivity index (χ4v) is 3.69. The molecule has 0 radical (unpaired) electrons. The van der Waals surface area contributed by atoms with Crippen molar-refractivity contribution in [3.8, 4) is 0 Å². The predicted molar refractivity (Wildman–Crippen MR) is 124 cm³/mol. The van der Waals surface area contributed by atoms with Crippen LogP contribution in [0.1, 0.15) is 64.2 Å². The monoisotopic (exact) mass is 372 g/mol. The third kappa shape index (κ3) is 7.35. The fourth-order valence-electron chi connectivity index (χ4n) is 3.69. The largest absolute Gasteiger partial charge is 0.0622 e. The molecule has 0 nitrogen and oxygen atoms in total. The number of benzene rings is 3. The number of hydrogen-bond acceptors (Lipinski definition) is 0. The summed E-state index contributed by atoms with van der Waals surface area (Å²) in [6.07, 6.45) is 1.16. The average molecular weight is 373 g/mol. The van der Waals surface area contributed by atoms with Crippen LogP contribution in [0, 0.1) is 10.8 Å². The lowest BCUT2D eigenvalue weighted by molar-refractivity contribution is 0.358. The zero-order valence-electron chi connectivity index (χ0n) is 18.4. The van der Waals surface area contributed by atoms with Crippen LogP contribution in [0.25, 0.3) is 0 Å². The summed E-state index contributed by atoms with van der Waals surface area (Å²) in [5, 5.41) is 0. The van der Waals surface area contributed by atoms with Crippen molar-refractivity contribution in [3.05, 3.63) is 108 Å². The summed E-state index contributed by atoms with van der Waals surface area (Å²) >= 11 is 0. The lowest BCUT2D eigenvalue weighted by atomic mass is 9.73. The molecule has 0 amide bonds. The minimum atomic E-state index is 0.225. The molecular weight excluding hydrogens is 336 g/mol. The second-order valence-electron chi connectivity index (χ2n) is 9.84. The van der Waals surface area contributed by atoms with Crippen LogP contribution in [0.5, 0.6) is 0 Å². The average Bonchev–Trinajstić information content (AvgIpc) is 2.62. The third-order valence-electron chi connectivity index (χ3n) is 4.71. The summed E-state index contributed by atoms with van der Waals surface area (Å²) in [7, 11) is 0. The first-order chi connectivity index (χ1) is 13.2. The molecule has 148 valence electrons. The highest BCUT2D eigenvalue weighted by Gasteiger charge is 2.27. The van der Waals surface area contributed by atoms with Crippen LogP contribution in [-0.4, -0.2) is 0 Å². The Morgan fingerprint density at radius 3 is 1.21 bits per heavy atom. The molecule has 3 aromatic carbocycles. The van der Waals surface area contributed by atoms with Gasteiger partial charge in [0, 0.05) is 5.92 Å². The molecule has 0 spiro atoms. The minimum Gasteiger partial charge on any atom is -0.0622 e. The Labute approximate surface area is 172 Å². The highest BCUT2D eigenvalue weighted by atomic mass is 14.3.